The van der Waals surface area contributed by atoms with Crippen molar-refractivity contribution in [3.8, 4) is 0 Å². The molecule has 7 nitrogen and oxygen atoms in total. The van der Waals surface area contributed by atoms with Crippen molar-refractivity contribution in [3.05, 3.63) is 17.5 Å². The number of carbonyl (C=O) groups is 2. The second kappa shape index (κ2) is 5.83. The van der Waals surface area contributed by atoms with Gasteiger partial charge in [-0.2, -0.15) is 5.10 Å². The Morgan fingerprint density at radius 2 is 2.05 bits per heavy atom. The number of hydrogen-bond donors (Lipinski definition) is 1. The van der Waals surface area contributed by atoms with Crippen LogP contribution in [-0.2, 0) is 9.53 Å². The van der Waals surface area contributed by atoms with Gasteiger partial charge in [0, 0.05) is 31.9 Å². The molecule has 0 unspecified atom stereocenters. The summed E-state index contributed by atoms with van der Waals surface area (Å²) in [5, 5.41) is 6.62. The molecule has 1 aliphatic heterocycles. The first-order valence-corrected chi connectivity index (χ1v) is 6.20. The lowest BCUT2D eigenvalue weighted by Crippen LogP contribution is -2.50. The quantitative estimate of drug-likeness (QED) is 0.756. The number of piperazine rings is 1. The largest absolute Gasteiger partial charge is 0.468 e. The van der Waals surface area contributed by atoms with Gasteiger partial charge in [0.05, 0.1) is 25.4 Å². The highest BCUT2D eigenvalue weighted by Crippen LogP contribution is 2.10. The minimum absolute atomic E-state index is 0.0102. The molecule has 0 atom stereocenters. The van der Waals surface area contributed by atoms with Crippen LogP contribution in [0.2, 0.25) is 0 Å². The second-order valence-corrected chi connectivity index (χ2v) is 4.55. The third kappa shape index (κ3) is 3.11. The van der Waals surface area contributed by atoms with Crippen LogP contribution in [0, 0.1) is 6.92 Å². The van der Waals surface area contributed by atoms with Gasteiger partial charge in [-0.15, -0.1) is 0 Å². The Morgan fingerprint density at radius 1 is 1.37 bits per heavy atom. The molecule has 19 heavy (non-hydrogen) atoms. The third-order valence-electron chi connectivity index (χ3n) is 3.30. The average molecular weight is 266 g/mol. The van der Waals surface area contributed by atoms with Crippen LogP contribution in [0.1, 0.15) is 16.1 Å². The molecule has 1 amide bonds. The van der Waals surface area contributed by atoms with Crippen molar-refractivity contribution in [2.45, 2.75) is 6.92 Å². The fourth-order valence-corrected chi connectivity index (χ4v) is 2.09. The van der Waals surface area contributed by atoms with Gasteiger partial charge in [-0.3, -0.25) is 19.6 Å². The molecule has 1 aromatic rings. The highest BCUT2D eigenvalue weighted by molar-refractivity contribution is 5.95. The Hall–Kier alpha value is -1.89. The van der Waals surface area contributed by atoms with Crippen molar-refractivity contribution in [2.75, 3.05) is 39.8 Å². The van der Waals surface area contributed by atoms with Crippen molar-refractivity contribution in [1.82, 2.24) is 20.0 Å². The van der Waals surface area contributed by atoms with E-state index in [2.05, 4.69) is 14.9 Å². The number of aryl methyl sites for hydroxylation is 1. The smallest absolute Gasteiger partial charge is 0.319 e. The van der Waals surface area contributed by atoms with Crippen molar-refractivity contribution in [2.24, 2.45) is 0 Å². The molecule has 2 heterocycles. The van der Waals surface area contributed by atoms with Gasteiger partial charge in [0.25, 0.3) is 5.91 Å². The summed E-state index contributed by atoms with van der Waals surface area (Å²) in [5.41, 5.74) is 1.39. The summed E-state index contributed by atoms with van der Waals surface area (Å²) in [4.78, 5) is 27.2. The number of nitrogens with one attached hydrogen (secondary N) is 1. The third-order valence-corrected chi connectivity index (χ3v) is 3.30. The van der Waals surface area contributed by atoms with E-state index in [-0.39, 0.29) is 18.4 Å². The molecule has 7 heteroatoms. The summed E-state index contributed by atoms with van der Waals surface area (Å²) >= 11 is 0. The normalized spacial score (nSPS) is 16.4. The van der Waals surface area contributed by atoms with Crippen molar-refractivity contribution in [3.63, 3.8) is 0 Å². The SMILES string of the molecule is COC(=O)CN1CCN(C(=O)c2cn[nH]c2C)CC1. The topological polar surface area (TPSA) is 78.5 Å². The first kappa shape index (κ1) is 13.5. The van der Waals surface area contributed by atoms with E-state index < -0.39 is 0 Å². The highest BCUT2D eigenvalue weighted by atomic mass is 16.5. The summed E-state index contributed by atoms with van der Waals surface area (Å²) in [6.45, 7) is 4.69. The van der Waals surface area contributed by atoms with Gasteiger partial charge in [-0.25, -0.2) is 0 Å². The van der Waals surface area contributed by atoms with Crippen molar-refractivity contribution < 1.29 is 14.3 Å². The van der Waals surface area contributed by atoms with E-state index >= 15 is 0 Å². The number of ether oxygens (including phenoxy) is 1. The minimum Gasteiger partial charge on any atom is -0.468 e. The predicted octanol–water partition coefficient (Wildman–Crippen LogP) is -0.351. The molecule has 1 aliphatic rings. The Balaban J connectivity index is 1.88. The number of aromatic amines is 1. The van der Waals surface area contributed by atoms with Crippen LogP contribution in [0.15, 0.2) is 6.20 Å². The van der Waals surface area contributed by atoms with E-state index in [1.807, 2.05) is 11.8 Å². The molecule has 1 N–H and O–H groups in total. The van der Waals surface area contributed by atoms with Crippen LogP contribution in [-0.4, -0.2) is 71.7 Å². The summed E-state index contributed by atoms with van der Waals surface area (Å²) in [6.07, 6.45) is 1.55. The number of H-pyrrole nitrogens is 1. The van der Waals surface area contributed by atoms with Crippen LogP contribution in [0.3, 0.4) is 0 Å². The number of carbonyl (C=O) groups excluding carboxylic acids is 2. The molecular formula is C12H18N4O3. The van der Waals surface area contributed by atoms with Crippen molar-refractivity contribution in [1.29, 1.82) is 0 Å². The molecular weight excluding hydrogens is 248 g/mol. The standard InChI is InChI=1S/C12H18N4O3/c1-9-10(7-13-14-9)12(18)16-5-3-15(4-6-16)8-11(17)19-2/h7H,3-6,8H2,1-2H3,(H,13,14). The number of esters is 1. The number of rotatable bonds is 3. The molecule has 0 spiro atoms. The van der Waals surface area contributed by atoms with Crippen LogP contribution >= 0.6 is 0 Å². The monoisotopic (exact) mass is 266 g/mol. The zero-order chi connectivity index (χ0) is 13.8. The molecule has 2 rings (SSSR count). The van der Waals surface area contributed by atoms with E-state index in [1.54, 1.807) is 11.1 Å². The molecule has 1 saturated heterocycles. The molecule has 1 aromatic heterocycles. The maximum absolute atomic E-state index is 12.2. The van der Waals surface area contributed by atoms with Gasteiger partial charge < -0.3 is 9.64 Å². The summed E-state index contributed by atoms with van der Waals surface area (Å²) in [5.74, 6) is -0.255. The molecule has 0 bridgehead atoms. The lowest BCUT2D eigenvalue weighted by molar-refractivity contribution is -0.142. The Kier molecular flexibility index (Phi) is 4.16. The summed E-state index contributed by atoms with van der Waals surface area (Å²) in [6, 6.07) is 0. The highest BCUT2D eigenvalue weighted by Gasteiger charge is 2.24. The number of hydrogen-bond acceptors (Lipinski definition) is 5. The number of nitrogens with zero attached hydrogens (tertiary/aromatic N) is 3. The van der Waals surface area contributed by atoms with Gasteiger partial charge >= 0.3 is 5.97 Å². The maximum atomic E-state index is 12.2. The summed E-state index contributed by atoms with van der Waals surface area (Å²) in [7, 11) is 1.38. The fourth-order valence-electron chi connectivity index (χ4n) is 2.09. The van der Waals surface area contributed by atoms with Crippen LogP contribution in [0.4, 0.5) is 0 Å². The number of amides is 1. The first-order chi connectivity index (χ1) is 9.11. The van der Waals surface area contributed by atoms with Crippen LogP contribution < -0.4 is 0 Å². The molecule has 0 radical (unpaired) electrons. The van der Waals surface area contributed by atoms with E-state index in [4.69, 9.17) is 0 Å². The van der Waals surface area contributed by atoms with E-state index in [0.29, 0.717) is 31.7 Å². The lowest BCUT2D eigenvalue weighted by Gasteiger charge is -2.33. The van der Waals surface area contributed by atoms with Gasteiger partial charge in [-0.05, 0) is 6.92 Å². The number of methoxy groups -OCH3 is 1. The Morgan fingerprint density at radius 3 is 2.58 bits per heavy atom. The first-order valence-electron chi connectivity index (χ1n) is 6.20. The number of aromatic nitrogens is 2. The van der Waals surface area contributed by atoms with Gasteiger partial charge in [0.15, 0.2) is 0 Å². The van der Waals surface area contributed by atoms with Crippen LogP contribution in [0.25, 0.3) is 0 Å². The molecule has 0 aromatic carbocycles. The lowest BCUT2D eigenvalue weighted by atomic mass is 10.2. The minimum atomic E-state index is -0.245. The van der Waals surface area contributed by atoms with Gasteiger partial charge in [-0.1, -0.05) is 0 Å². The van der Waals surface area contributed by atoms with E-state index in [9.17, 15) is 9.59 Å². The molecule has 1 fully saturated rings. The average Bonchev–Trinajstić information content (AvgIpc) is 2.85. The molecule has 0 aliphatic carbocycles. The maximum Gasteiger partial charge on any atom is 0.319 e. The molecule has 104 valence electrons. The van der Waals surface area contributed by atoms with Crippen LogP contribution in [0.5, 0.6) is 0 Å². The van der Waals surface area contributed by atoms with E-state index in [0.717, 1.165) is 5.69 Å². The summed E-state index contributed by atoms with van der Waals surface area (Å²) < 4.78 is 4.63. The zero-order valence-corrected chi connectivity index (χ0v) is 11.2. The fraction of sp³-hybridized carbons (Fsp3) is 0.583. The predicted molar refractivity (Wildman–Crippen MR) is 67.7 cm³/mol. The van der Waals surface area contributed by atoms with E-state index in [1.165, 1.54) is 7.11 Å². The second-order valence-electron chi connectivity index (χ2n) is 4.55. The van der Waals surface area contributed by atoms with Gasteiger partial charge in [0.1, 0.15) is 0 Å². The van der Waals surface area contributed by atoms with Gasteiger partial charge in [0.2, 0.25) is 0 Å². The Bertz CT molecular complexity index is 463. The Labute approximate surface area is 111 Å². The van der Waals surface area contributed by atoms with Crippen molar-refractivity contribution >= 4 is 11.9 Å². The molecule has 0 saturated carbocycles. The zero-order valence-electron chi connectivity index (χ0n) is 11.2.